The number of aromatic nitrogens is 1. The van der Waals surface area contributed by atoms with Crippen LogP contribution in [-0.2, 0) is 25.5 Å². The lowest BCUT2D eigenvalue weighted by Gasteiger charge is -2.37. The Morgan fingerprint density at radius 2 is 1.80 bits per heavy atom. The van der Waals surface area contributed by atoms with E-state index < -0.39 is 17.9 Å². The molecule has 1 N–H and O–H groups in total. The molecule has 1 atom stereocenters. The Balaban J connectivity index is 1.27. The van der Waals surface area contributed by atoms with E-state index in [1.54, 1.807) is 24.4 Å². The number of methoxy groups -OCH3 is 1. The van der Waals surface area contributed by atoms with E-state index in [0.717, 1.165) is 23.6 Å². The molecule has 0 radical (unpaired) electrons. The van der Waals surface area contributed by atoms with E-state index in [1.807, 2.05) is 30.3 Å². The molecule has 1 saturated carbocycles. The standard InChI is InChI=1S/C31H33BrFN3O5/c1-40-30(39)22-9-11-23(12-10-22)41-31(33,36-16-4-5-17-36)27(37)19-20-8-13-26(25(32)18-20)35-29(38)28-24-7-3-2-6-21(24)14-15-34-28/h2-3,6-8,13-15,18,22-23H,4-5,9-12,16-17,19H2,1H3,(H,35,38). The van der Waals surface area contributed by atoms with Crippen molar-refractivity contribution < 1.29 is 28.2 Å². The highest BCUT2D eigenvalue weighted by atomic mass is 79.9. The molecule has 1 aromatic heterocycles. The quantitative estimate of drug-likeness (QED) is 0.236. The number of nitrogens with zero attached hydrogens (tertiary/aromatic N) is 2. The lowest BCUT2D eigenvalue weighted by molar-refractivity contribution is -0.252. The van der Waals surface area contributed by atoms with Gasteiger partial charge in [-0.1, -0.05) is 30.3 Å². The summed E-state index contributed by atoms with van der Waals surface area (Å²) in [5.41, 5.74) is 1.40. The number of likely N-dealkylation sites (tertiary alicyclic amines) is 1. The summed E-state index contributed by atoms with van der Waals surface area (Å²) in [6, 6.07) is 14.4. The minimum atomic E-state index is -2.54. The molecule has 2 aliphatic rings. The molecule has 5 rings (SSSR count). The van der Waals surface area contributed by atoms with E-state index in [1.165, 1.54) is 12.0 Å². The Morgan fingerprint density at radius 3 is 2.51 bits per heavy atom. The number of amides is 1. The molecule has 1 saturated heterocycles. The van der Waals surface area contributed by atoms with Crippen LogP contribution < -0.4 is 5.32 Å². The number of alkyl halides is 1. The van der Waals surface area contributed by atoms with Crippen LogP contribution in [0.3, 0.4) is 0 Å². The predicted molar refractivity (Wildman–Crippen MR) is 156 cm³/mol. The number of ether oxygens (including phenoxy) is 2. The van der Waals surface area contributed by atoms with Crippen molar-refractivity contribution in [2.45, 2.75) is 57.0 Å². The maximum Gasteiger partial charge on any atom is 0.330 e. The Labute approximate surface area is 246 Å². The number of anilines is 1. The summed E-state index contributed by atoms with van der Waals surface area (Å²) in [6.07, 6.45) is 4.59. The molecule has 41 heavy (non-hydrogen) atoms. The monoisotopic (exact) mass is 625 g/mol. The van der Waals surface area contributed by atoms with E-state index in [4.69, 9.17) is 9.47 Å². The van der Waals surface area contributed by atoms with Gasteiger partial charge in [0.05, 0.1) is 24.8 Å². The van der Waals surface area contributed by atoms with Crippen LogP contribution in [0.5, 0.6) is 0 Å². The second kappa shape index (κ2) is 12.8. The summed E-state index contributed by atoms with van der Waals surface area (Å²) in [5.74, 6) is -4.05. The first kappa shape index (κ1) is 29.3. The fraction of sp³-hybridized carbons (Fsp3) is 0.419. The molecule has 1 amide bonds. The third-order valence-electron chi connectivity index (χ3n) is 7.92. The van der Waals surface area contributed by atoms with Crippen LogP contribution in [0.1, 0.15) is 54.6 Å². The SMILES string of the molecule is COC(=O)C1CCC(OC(F)(C(=O)Cc2ccc(NC(=O)c3nccc4ccccc34)c(Br)c2)N2CCCC2)CC1. The topological polar surface area (TPSA) is 97.8 Å². The first-order valence-corrected chi connectivity index (χ1v) is 14.7. The molecular weight excluding hydrogens is 593 g/mol. The second-order valence-electron chi connectivity index (χ2n) is 10.6. The van der Waals surface area contributed by atoms with Crippen molar-refractivity contribution >= 4 is 50.0 Å². The number of hydrogen-bond donors (Lipinski definition) is 1. The molecule has 1 aliphatic carbocycles. The zero-order valence-electron chi connectivity index (χ0n) is 22.9. The number of pyridine rings is 1. The van der Waals surface area contributed by atoms with Crippen molar-refractivity contribution in [1.29, 1.82) is 0 Å². The van der Waals surface area contributed by atoms with Gasteiger partial charge >= 0.3 is 11.9 Å². The van der Waals surface area contributed by atoms with Gasteiger partial charge in [0.25, 0.3) is 5.91 Å². The highest BCUT2D eigenvalue weighted by Crippen LogP contribution is 2.35. The van der Waals surface area contributed by atoms with Gasteiger partial charge in [-0.3, -0.25) is 19.4 Å². The van der Waals surface area contributed by atoms with Gasteiger partial charge in [0.1, 0.15) is 5.69 Å². The summed E-state index contributed by atoms with van der Waals surface area (Å²) >= 11 is 3.49. The average molecular weight is 627 g/mol. The number of carbonyl (C=O) groups excluding carboxylic acids is 3. The van der Waals surface area contributed by atoms with Crippen LogP contribution in [0.2, 0.25) is 0 Å². The van der Waals surface area contributed by atoms with Gasteiger partial charge in [-0.05, 0) is 83.6 Å². The maximum absolute atomic E-state index is 16.5. The van der Waals surface area contributed by atoms with Crippen molar-refractivity contribution in [1.82, 2.24) is 9.88 Å². The highest BCUT2D eigenvalue weighted by Gasteiger charge is 2.48. The van der Waals surface area contributed by atoms with E-state index in [0.29, 0.717) is 60.2 Å². The summed E-state index contributed by atoms with van der Waals surface area (Å²) in [6.45, 7) is 0.882. The minimum Gasteiger partial charge on any atom is -0.469 e. The molecule has 0 bridgehead atoms. The molecule has 3 aromatic rings. The van der Waals surface area contributed by atoms with Gasteiger partial charge in [-0.25, -0.2) is 4.90 Å². The van der Waals surface area contributed by atoms with E-state index in [9.17, 15) is 14.4 Å². The van der Waals surface area contributed by atoms with E-state index >= 15 is 4.39 Å². The number of benzene rings is 2. The van der Waals surface area contributed by atoms with Crippen LogP contribution in [-0.4, -0.2) is 59.8 Å². The Bertz CT molecular complexity index is 1430. The second-order valence-corrected chi connectivity index (χ2v) is 11.5. The van der Waals surface area contributed by atoms with Gasteiger partial charge in [0.2, 0.25) is 5.78 Å². The molecule has 2 heterocycles. The molecule has 216 valence electrons. The van der Waals surface area contributed by atoms with Crippen molar-refractivity contribution in [2.75, 3.05) is 25.5 Å². The fourth-order valence-corrected chi connectivity index (χ4v) is 6.20. The molecule has 1 unspecified atom stereocenters. The number of hydrogen-bond acceptors (Lipinski definition) is 7. The van der Waals surface area contributed by atoms with E-state index in [2.05, 4.69) is 26.2 Å². The van der Waals surface area contributed by atoms with Gasteiger partial charge in [0.15, 0.2) is 0 Å². The first-order chi connectivity index (χ1) is 19.8. The predicted octanol–water partition coefficient (Wildman–Crippen LogP) is 5.83. The Kier molecular flexibility index (Phi) is 9.11. The van der Waals surface area contributed by atoms with Crippen LogP contribution in [0.15, 0.2) is 59.2 Å². The van der Waals surface area contributed by atoms with Crippen molar-refractivity contribution in [2.24, 2.45) is 5.92 Å². The number of carbonyl (C=O) groups is 3. The van der Waals surface area contributed by atoms with Gasteiger partial charge < -0.3 is 14.8 Å². The number of halogens is 2. The van der Waals surface area contributed by atoms with Crippen LogP contribution in [0, 0.1) is 5.92 Å². The fourth-order valence-electron chi connectivity index (χ4n) is 5.67. The van der Waals surface area contributed by atoms with E-state index in [-0.39, 0.29) is 24.2 Å². The number of ketones is 1. The zero-order valence-corrected chi connectivity index (χ0v) is 24.5. The third kappa shape index (κ3) is 6.50. The largest absolute Gasteiger partial charge is 0.469 e. The Morgan fingerprint density at radius 1 is 1.07 bits per heavy atom. The third-order valence-corrected chi connectivity index (χ3v) is 8.58. The molecule has 1 aliphatic heterocycles. The number of nitrogens with one attached hydrogen (secondary N) is 1. The number of fused-ring (bicyclic) bond motifs is 1. The first-order valence-electron chi connectivity index (χ1n) is 13.9. The summed E-state index contributed by atoms with van der Waals surface area (Å²) in [5, 5.41) is 4.52. The number of rotatable bonds is 9. The molecule has 2 fully saturated rings. The summed E-state index contributed by atoms with van der Waals surface area (Å²) in [7, 11) is 1.37. The normalized spacial score (nSPS) is 20.9. The lowest BCUT2D eigenvalue weighted by atomic mass is 9.87. The minimum absolute atomic E-state index is 0.178. The lowest BCUT2D eigenvalue weighted by Crippen LogP contribution is -2.54. The van der Waals surface area contributed by atoms with Gasteiger partial charge in [0, 0.05) is 35.6 Å². The average Bonchev–Trinajstić information content (AvgIpc) is 3.54. The smallest absolute Gasteiger partial charge is 0.330 e. The molecular formula is C31H33BrFN3O5. The van der Waals surface area contributed by atoms with Crippen molar-refractivity contribution in [3.63, 3.8) is 0 Å². The molecule has 10 heteroatoms. The summed E-state index contributed by atoms with van der Waals surface area (Å²) in [4.78, 5) is 44.2. The van der Waals surface area contributed by atoms with Crippen LogP contribution >= 0.6 is 15.9 Å². The molecule has 2 aromatic carbocycles. The van der Waals surface area contributed by atoms with Crippen molar-refractivity contribution in [3.05, 3.63) is 70.5 Å². The van der Waals surface area contributed by atoms with Crippen LogP contribution in [0.25, 0.3) is 10.8 Å². The molecule has 0 spiro atoms. The number of Topliss-reactive ketones (excluding diaryl/α,β-unsaturated/α-hetero) is 1. The molecule has 8 nitrogen and oxygen atoms in total. The zero-order chi connectivity index (χ0) is 29.0. The van der Waals surface area contributed by atoms with Crippen molar-refractivity contribution in [3.8, 4) is 0 Å². The van der Waals surface area contributed by atoms with Crippen LogP contribution in [0.4, 0.5) is 10.1 Å². The summed E-state index contributed by atoms with van der Waals surface area (Å²) < 4.78 is 27.9. The maximum atomic E-state index is 16.5. The van der Waals surface area contributed by atoms with Gasteiger partial charge in [-0.15, -0.1) is 0 Å². The number of esters is 1. The van der Waals surface area contributed by atoms with Gasteiger partial charge in [-0.2, -0.15) is 4.39 Å². The highest BCUT2D eigenvalue weighted by molar-refractivity contribution is 9.10. The Hall–Kier alpha value is -3.21.